The number of hydroxylamine groups is 3. The monoisotopic (exact) mass is 824 g/mol. The lowest BCUT2D eigenvalue weighted by Gasteiger charge is -2.46. The molecule has 4 heterocycles. The van der Waals surface area contributed by atoms with Gasteiger partial charge in [0.1, 0.15) is 30.5 Å². The molecule has 0 bridgehead atoms. The third-order valence-electron chi connectivity index (χ3n) is 11.2. The van der Waals surface area contributed by atoms with Gasteiger partial charge in [-0.25, -0.2) is 9.59 Å². The summed E-state index contributed by atoms with van der Waals surface area (Å²) in [5.74, 6) is -2.84. The fourth-order valence-corrected chi connectivity index (χ4v) is 8.33. The van der Waals surface area contributed by atoms with Crippen molar-refractivity contribution < 1.29 is 48.0 Å². The van der Waals surface area contributed by atoms with Crippen LogP contribution in [-0.4, -0.2) is 83.6 Å². The number of hydrogen-bond acceptors (Lipinski definition) is 13. The molecule has 16 nitrogen and oxygen atoms in total. The Morgan fingerprint density at radius 1 is 0.733 bits per heavy atom. The van der Waals surface area contributed by atoms with Gasteiger partial charge in [-0.2, -0.15) is 9.80 Å². The summed E-state index contributed by atoms with van der Waals surface area (Å²) in [6, 6.07) is 17.1. The first kappa shape index (κ1) is 42.4. The van der Waals surface area contributed by atoms with Gasteiger partial charge >= 0.3 is 12.2 Å². The molecule has 3 aromatic rings. The maximum absolute atomic E-state index is 14.3. The topological polar surface area (TPSA) is 198 Å². The highest BCUT2D eigenvalue weighted by Gasteiger charge is 2.50. The molecule has 0 radical (unpaired) electrons. The minimum absolute atomic E-state index is 0.00894. The Kier molecular flexibility index (Phi) is 11.4. The maximum atomic E-state index is 14.3. The molecule has 7 rings (SSSR count). The summed E-state index contributed by atoms with van der Waals surface area (Å²) in [5, 5.41) is 32.6. The van der Waals surface area contributed by atoms with Crippen LogP contribution in [0.25, 0.3) is 0 Å². The summed E-state index contributed by atoms with van der Waals surface area (Å²) in [7, 11) is 0. The first-order valence-electron chi connectivity index (χ1n) is 20.2. The fraction of sp³-hybridized carbons (Fsp3) is 0.455. The number of nitrogens with one attached hydrogen (secondary N) is 2. The molecule has 3 aromatic carbocycles. The van der Waals surface area contributed by atoms with E-state index in [4.69, 9.17) is 9.47 Å². The molecule has 60 heavy (non-hydrogen) atoms. The lowest BCUT2D eigenvalue weighted by atomic mass is 10.0. The van der Waals surface area contributed by atoms with E-state index in [9.17, 15) is 39.1 Å². The van der Waals surface area contributed by atoms with Crippen LogP contribution in [0.3, 0.4) is 0 Å². The van der Waals surface area contributed by atoms with Crippen molar-refractivity contribution in [3.05, 3.63) is 99.3 Å². The Labute approximate surface area is 348 Å². The normalized spacial score (nSPS) is 23.4. The largest absolute Gasteiger partial charge is 0.632 e. The van der Waals surface area contributed by atoms with Gasteiger partial charge in [-0.15, -0.1) is 0 Å². The number of hydrogen-bond donors (Lipinski definition) is 3. The van der Waals surface area contributed by atoms with E-state index >= 15 is 0 Å². The van der Waals surface area contributed by atoms with E-state index in [-0.39, 0.29) is 45.3 Å². The zero-order valence-corrected chi connectivity index (χ0v) is 34.8. The number of piperidine rings is 2. The predicted molar refractivity (Wildman–Crippen MR) is 218 cm³/mol. The van der Waals surface area contributed by atoms with Crippen LogP contribution in [0.4, 0.5) is 21.0 Å². The minimum Gasteiger partial charge on any atom is -0.632 e. The maximum Gasteiger partial charge on any atom is 0.424 e. The molecule has 2 fully saturated rings. The number of carbonyl (C=O) groups excluding carboxylic acids is 6. The van der Waals surface area contributed by atoms with Gasteiger partial charge in [0.15, 0.2) is 6.04 Å². The number of rotatable bonds is 8. The van der Waals surface area contributed by atoms with Gasteiger partial charge in [-0.3, -0.25) is 24.1 Å². The van der Waals surface area contributed by atoms with Gasteiger partial charge in [-0.05, 0) is 76.8 Å². The van der Waals surface area contributed by atoms with Crippen LogP contribution in [0, 0.1) is 5.21 Å². The van der Waals surface area contributed by atoms with E-state index in [2.05, 4.69) is 10.6 Å². The molecule has 4 unspecified atom stereocenters. The van der Waals surface area contributed by atoms with Crippen molar-refractivity contribution >= 4 is 47.2 Å². The van der Waals surface area contributed by atoms with Gasteiger partial charge in [0.25, 0.3) is 11.8 Å². The van der Waals surface area contributed by atoms with E-state index in [1.54, 1.807) is 52.5 Å². The number of nitrogens with zero attached hydrogens (tertiary/aromatic N) is 4. The van der Waals surface area contributed by atoms with E-state index in [0.29, 0.717) is 28.5 Å². The summed E-state index contributed by atoms with van der Waals surface area (Å²) >= 11 is 0. The average molecular weight is 825 g/mol. The molecule has 0 aromatic heterocycles. The Morgan fingerprint density at radius 2 is 1.25 bits per heavy atom. The van der Waals surface area contributed by atoms with Crippen molar-refractivity contribution in [3.8, 4) is 0 Å². The highest BCUT2D eigenvalue weighted by molar-refractivity contribution is 6.12. The fourth-order valence-electron chi connectivity index (χ4n) is 8.33. The van der Waals surface area contributed by atoms with Crippen LogP contribution < -0.4 is 10.6 Å². The number of carbonyl (C=O) groups is 6. The number of anilines is 2. The zero-order chi connectivity index (χ0) is 43.3. The molecule has 0 spiro atoms. The van der Waals surface area contributed by atoms with E-state index in [0.717, 1.165) is 39.2 Å². The summed E-state index contributed by atoms with van der Waals surface area (Å²) in [6.45, 7) is 11.1. The molecular formula is C44H52N6O10. The molecule has 4 atom stereocenters. The quantitative estimate of drug-likeness (QED) is 0.137. The standard InChI is InChI=1S/C44H52N6O10/c1-43(2,3)59-41(56)48-36(51)19-17-34(39(48)54)47-23-30-29(38(47)53)10-8-12-32(30)45-21-26-13-15-27(16-14-26)22-46-33-11-7-9-28-24-50(58,25-31(28)33)35-18-20-37(52)49(40(35)55)42(57)60-44(4,5)6/h7-16,34-35,38,45-46,53H,17-25H2,1-6H3. The Balaban J connectivity index is 0.959. The van der Waals surface area contributed by atoms with Crippen LogP contribution in [0.15, 0.2) is 60.7 Å². The second-order valence-corrected chi connectivity index (χ2v) is 17.9. The number of likely N-dealkylation sites (tertiary alicyclic amines) is 2. The van der Waals surface area contributed by atoms with Crippen molar-refractivity contribution in [1.82, 2.24) is 14.7 Å². The van der Waals surface area contributed by atoms with Gasteiger partial charge in [-0.1, -0.05) is 48.5 Å². The van der Waals surface area contributed by atoms with E-state index in [1.165, 1.54) is 0 Å². The molecule has 3 N–H and O–H groups in total. The highest BCUT2D eigenvalue weighted by atomic mass is 16.6. The van der Waals surface area contributed by atoms with Crippen molar-refractivity contribution in [2.24, 2.45) is 0 Å². The minimum atomic E-state index is -1.12. The second kappa shape index (κ2) is 16.1. The second-order valence-electron chi connectivity index (χ2n) is 17.9. The summed E-state index contributed by atoms with van der Waals surface area (Å²) in [4.78, 5) is 80.5. The molecule has 16 heteroatoms. The zero-order valence-electron chi connectivity index (χ0n) is 34.8. The average Bonchev–Trinajstić information content (AvgIpc) is 3.69. The third-order valence-corrected chi connectivity index (χ3v) is 11.2. The van der Waals surface area contributed by atoms with Crippen molar-refractivity contribution in [2.45, 2.75) is 129 Å². The Bertz CT molecular complexity index is 2230. The molecule has 0 saturated carbocycles. The number of ether oxygens (including phenoxy) is 2. The van der Waals surface area contributed by atoms with Crippen LogP contribution in [-0.2, 0) is 61.4 Å². The Hall–Kier alpha value is -5.68. The molecule has 0 aliphatic carbocycles. The predicted octanol–water partition coefficient (Wildman–Crippen LogP) is 5.95. The number of fused-ring (bicyclic) bond motifs is 2. The summed E-state index contributed by atoms with van der Waals surface area (Å²) in [6.07, 6.45) is -3.12. The van der Waals surface area contributed by atoms with Crippen LogP contribution >= 0.6 is 0 Å². The van der Waals surface area contributed by atoms with Crippen LogP contribution in [0.5, 0.6) is 0 Å². The van der Waals surface area contributed by atoms with Crippen molar-refractivity contribution in [3.63, 3.8) is 0 Å². The number of benzene rings is 3. The van der Waals surface area contributed by atoms with Crippen molar-refractivity contribution in [1.29, 1.82) is 0 Å². The van der Waals surface area contributed by atoms with Gasteiger partial charge in [0, 0.05) is 67.0 Å². The van der Waals surface area contributed by atoms with Crippen molar-refractivity contribution in [2.75, 3.05) is 10.6 Å². The number of quaternary nitrogens is 1. The third kappa shape index (κ3) is 8.64. The van der Waals surface area contributed by atoms with Gasteiger partial charge in [0.05, 0.1) is 6.04 Å². The lowest BCUT2D eigenvalue weighted by molar-refractivity contribution is -0.916. The number of imide groups is 6. The molecule has 2 saturated heterocycles. The lowest BCUT2D eigenvalue weighted by Crippen LogP contribution is -2.61. The Morgan fingerprint density at radius 3 is 1.82 bits per heavy atom. The summed E-state index contributed by atoms with van der Waals surface area (Å²) < 4.78 is 9.74. The first-order valence-corrected chi connectivity index (χ1v) is 20.2. The van der Waals surface area contributed by atoms with Crippen LogP contribution in [0.1, 0.15) is 107 Å². The SMILES string of the molecule is CC(C)(C)OC(=O)N1C(=O)CCC(N2Cc3c(NCc4ccc(CNc5cccc6c5C[N+]([O-])(C5CCC(=O)N(C(=O)OC(C)(C)C)C5=O)C6)cc4)cccc3C2O)C1=O. The molecule has 4 aliphatic heterocycles. The molecule has 6 amide bonds. The molecule has 4 aliphatic rings. The van der Waals surface area contributed by atoms with Gasteiger partial charge in [0.2, 0.25) is 11.8 Å². The van der Waals surface area contributed by atoms with Gasteiger partial charge < -0.3 is 35.1 Å². The smallest absolute Gasteiger partial charge is 0.424 e. The van der Waals surface area contributed by atoms with E-state index in [1.807, 2.05) is 54.6 Å². The highest BCUT2D eigenvalue weighted by Crippen LogP contribution is 2.41. The van der Waals surface area contributed by atoms with Crippen LogP contribution in [0.2, 0.25) is 0 Å². The van der Waals surface area contributed by atoms with E-state index < -0.39 is 70.0 Å². The number of amides is 6. The number of aliphatic hydroxyl groups excluding tert-OH is 1. The number of aliphatic hydroxyl groups is 1. The first-order chi connectivity index (χ1) is 28.2. The molecule has 318 valence electrons. The summed E-state index contributed by atoms with van der Waals surface area (Å²) in [5.41, 5.74) is 4.76. The molecular weight excluding hydrogens is 773 g/mol.